The number of nitrogens with zero attached hydrogens (tertiary/aromatic N) is 3. The van der Waals surface area contributed by atoms with Crippen molar-refractivity contribution in [1.82, 2.24) is 15.0 Å². The van der Waals surface area contributed by atoms with E-state index >= 15 is 0 Å². The second-order valence-corrected chi connectivity index (χ2v) is 9.37. The lowest BCUT2D eigenvalue weighted by atomic mass is 9.69. The number of fused-ring (bicyclic) bond motifs is 1. The Balaban J connectivity index is 2.13. The summed E-state index contributed by atoms with van der Waals surface area (Å²) < 4.78 is 0. The van der Waals surface area contributed by atoms with E-state index < -0.39 is 5.60 Å². The number of benzene rings is 1. The molecule has 0 radical (unpaired) electrons. The number of allylic oxidation sites excluding steroid dienone is 2. The Morgan fingerprint density at radius 3 is 2.28 bits per heavy atom. The maximum Gasteiger partial charge on any atom is 0.115 e. The lowest BCUT2D eigenvalue weighted by Gasteiger charge is -2.41. The maximum absolute atomic E-state index is 11.3. The minimum atomic E-state index is -1.05. The molecule has 0 aliphatic heterocycles. The van der Waals surface area contributed by atoms with Gasteiger partial charge in [-0.15, -0.1) is 10.2 Å². The lowest BCUT2D eigenvalue weighted by Crippen LogP contribution is -2.42. The van der Waals surface area contributed by atoms with Gasteiger partial charge in [-0.3, -0.25) is 0 Å². The third-order valence-electron chi connectivity index (χ3n) is 4.92. The van der Waals surface area contributed by atoms with Crippen LogP contribution < -0.4 is 0 Å². The van der Waals surface area contributed by atoms with Gasteiger partial charge >= 0.3 is 0 Å². The predicted molar refractivity (Wildman–Crippen MR) is 103 cm³/mol. The van der Waals surface area contributed by atoms with Gasteiger partial charge in [-0.05, 0) is 41.2 Å². The second kappa shape index (κ2) is 5.68. The second-order valence-electron chi connectivity index (χ2n) is 8.93. The van der Waals surface area contributed by atoms with Crippen LogP contribution in [-0.2, 0) is 0 Å². The predicted octanol–water partition coefficient (Wildman–Crippen LogP) is 5.08. The van der Waals surface area contributed by atoms with E-state index in [1.54, 1.807) is 10.9 Å². The van der Waals surface area contributed by atoms with E-state index in [0.717, 1.165) is 16.7 Å². The number of aromatic nitrogens is 3. The molecule has 1 atom stereocenters. The van der Waals surface area contributed by atoms with Gasteiger partial charge < -0.3 is 5.11 Å². The van der Waals surface area contributed by atoms with E-state index in [4.69, 9.17) is 11.6 Å². The Kier molecular flexibility index (Phi) is 4.12. The fourth-order valence-electron chi connectivity index (χ4n) is 2.92. The topological polar surface area (TPSA) is 50.9 Å². The van der Waals surface area contributed by atoms with Crippen LogP contribution in [0.2, 0.25) is 5.02 Å². The van der Waals surface area contributed by atoms with E-state index in [1.165, 1.54) is 5.57 Å². The zero-order valence-electron chi connectivity index (χ0n) is 15.8. The average molecular weight is 360 g/mol. The van der Waals surface area contributed by atoms with Crippen molar-refractivity contribution in [1.29, 1.82) is 0 Å². The van der Waals surface area contributed by atoms with Crippen LogP contribution in [0.3, 0.4) is 0 Å². The SMILES string of the molecule is CC(C)(C)C1=CC(O)(C(C)(C)C)C=C(n2nc3ccc(Cl)cc3n2)C1. The van der Waals surface area contributed by atoms with Crippen LogP contribution >= 0.6 is 11.6 Å². The molecule has 0 saturated heterocycles. The Labute approximate surface area is 154 Å². The van der Waals surface area contributed by atoms with Crippen LogP contribution in [0.5, 0.6) is 0 Å². The standard InChI is InChI=1S/C20H26ClN3O/c1-18(2,3)13-9-15(12-20(25,11-13)19(4,5)6)24-22-16-8-7-14(21)10-17(16)23-24/h7-8,10-12,25H,9H2,1-6H3. The van der Waals surface area contributed by atoms with Crippen molar-refractivity contribution in [3.05, 3.63) is 40.9 Å². The van der Waals surface area contributed by atoms with Gasteiger partial charge in [-0.2, -0.15) is 4.80 Å². The summed E-state index contributed by atoms with van der Waals surface area (Å²) in [5, 5.41) is 21.1. The van der Waals surface area contributed by atoms with Crippen LogP contribution in [0.15, 0.2) is 35.9 Å². The fourth-order valence-corrected chi connectivity index (χ4v) is 3.08. The summed E-state index contributed by atoms with van der Waals surface area (Å²) in [5.41, 5.74) is 2.16. The molecule has 1 aromatic carbocycles. The summed E-state index contributed by atoms with van der Waals surface area (Å²) in [7, 11) is 0. The van der Waals surface area contributed by atoms with Crippen molar-refractivity contribution in [2.45, 2.75) is 53.6 Å². The third kappa shape index (κ3) is 3.38. The van der Waals surface area contributed by atoms with Gasteiger partial charge in [-0.1, -0.05) is 58.7 Å². The summed E-state index contributed by atoms with van der Waals surface area (Å²) in [6.07, 6.45) is 4.61. The quantitative estimate of drug-likeness (QED) is 0.722. The largest absolute Gasteiger partial charge is 0.381 e. The lowest BCUT2D eigenvalue weighted by molar-refractivity contribution is 0.0277. The molecular formula is C20H26ClN3O. The molecule has 1 heterocycles. The number of hydrogen-bond acceptors (Lipinski definition) is 3. The van der Waals surface area contributed by atoms with Crippen molar-refractivity contribution in [3.8, 4) is 0 Å². The van der Waals surface area contributed by atoms with Crippen molar-refractivity contribution >= 4 is 28.3 Å². The fraction of sp³-hybridized carbons (Fsp3) is 0.500. The summed E-state index contributed by atoms with van der Waals surface area (Å²) >= 11 is 6.06. The molecule has 1 aromatic heterocycles. The summed E-state index contributed by atoms with van der Waals surface area (Å²) in [4.78, 5) is 1.64. The van der Waals surface area contributed by atoms with Crippen molar-refractivity contribution < 1.29 is 5.11 Å². The molecule has 5 heteroatoms. The molecule has 0 bridgehead atoms. The van der Waals surface area contributed by atoms with Gasteiger partial charge in [0.2, 0.25) is 0 Å². The monoisotopic (exact) mass is 359 g/mol. The van der Waals surface area contributed by atoms with E-state index in [0.29, 0.717) is 11.4 Å². The molecule has 0 fully saturated rings. The van der Waals surface area contributed by atoms with Crippen molar-refractivity contribution in [2.75, 3.05) is 0 Å². The van der Waals surface area contributed by atoms with Gasteiger partial charge in [0.25, 0.3) is 0 Å². The van der Waals surface area contributed by atoms with Gasteiger partial charge in [0.15, 0.2) is 0 Å². The number of rotatable bonds is 1. The Hall–Kier alpha value is -1.65. The first-order valence-corrected chi connectivity index (χ1v) is 8.96. The van der Waals surface area contributed by atoms with E-state index in [1.807, 2.05) is 45.1 Å². The summed E-state index contributed by atoms with van der Waals surface area (Å²) in [5.74, 6) is 0. The van der Waals surface area contributed by atoms with Gasteiger partial charge in [0, 0.05) is 11.4 Å². The minimum Gasteiger partial charge on any atom is -0.381 e. The zero-order chi connectivity index (χ0) is 18.6. The van der Waals surface area contributed by atoms with Crippen molar-refractivity contribution in [3.63, 3.8) is 0 Å². The van der Waals surface area contributed by atoms with Gasteiger partial charge in [0.05, 0.1) is 5.70 Å². The minimum absolute atomic E-state index is 0.0470. The number of aliphatic hydroxyl groups is 1. The van der Waals surface area contributed by atoms with Crippen LogP contribution in [-0.4, -0.2) is 25.7 Å². The third-order valence-corrected chi connectivity index (χ3v) is 5.15. The van der Waals surface area contributed by atoms with Crippen LogP contribution in [0.25, 0.3) is 16.7 Å². The highest BCUT2D eigenvalue weighted by Gasteiger charge is 2.41. The molecule has 25 heavy (non-hydrogen) atoms. The van der Waals surface area contributed by atoms with Crippen LogP contribution in [0.1, 0.15) is 48.0 Å². The molecule has 134 valence electrons. The van der Waals surface area contributed by atoms with Gasteiger partial charge in [0.1, 0.15) is 16.6 Å². The van der Waals surface area contributed by atoms with Crippen LogP contribution in [0, 0.1) is 10.8 Å². The van der Waals surface area contributed by atoms with Gasteiger partial charge in [-0.25, -0.2) is 0 Å². The molecule has 1 N–H and O–H groups in total. The summed E-state index contributed by atoms with van der Waals surface area (Å²) in [6.45, 7) is 12.6. The molecule has 2 aromatic rings. The number of halogens is 1. The molecule has 3 rings (SSSR count). The number of hydrogen-bond donors (Lipinski definition) is 1. The summed E-state index contributed by atoms with van der Waals surface area (Å²) in [6, 6.07) is 5.48. The molecule has 0 saturated carbocycles. The molecule has 1 aliphatic carbocycles. The molecule has 0 spiro atoms. The molecular weight excluding hydrogens is 334 g/mol. The zero-order valence-corrected chi connectivity index (χ0v) is 16.5. The Morgan fingerprint density at radius 1 is 1.04 bits per heavy atom. The highest BCUT2D eigenvalue weighted by atomic mass is 35.5. The first kappa shape index (κ1) is 18.2. The normalized spacial score (nSPS) is 22.1. The molecule has 1 unspecified atom stereocenters. The Bertz CT molecular complexity index is 880. The van der Waals surface area contributed by atoms with E-state index in [9.17, 15) is 5.11 Å². The molecule has 0 amide bonds. The van der Waals surface area contributed by atoms with Crippen LogP contribution in [0.4, 0.5) is 0 Å². The molecule has 1 aliphatic rings. The first-order valence-electron chi connectivity index (χ1n) is 8.58. The molecule has 4 nitrogen and oxygen atoms in total. The average Bonchev–Trinajstić information content (AvgIpc) is 2.87. The first-order chi connectivity index (χ1) is 11.4. The van der Waals surface area contributed by atoms with E-state index in [-0.39, 0.29) is 10.8 Å². The highest BCUT2D eigenvalue weighted by Crippen LogP contribution is 2.44. The Morgan fingerprint density at radius 2 is 1.68 bits per heavy atom. The van der Waals surface area contributed by atoms with E-state index in [2.05, 4.69) is 31.0 Å². The maximum atomic E-state index is 11.3. The van der Waals surface area contributed by atoms with Crippen molar-refractivity contribution in [2.24, 2.45) is 10.8 Å². The smallest absolute Gasteiger partial charge is 0.115 e. The highest BCUT2D eigenvalue weighted by molar-refractivity contribution is 6.31.